The first-order valence-electron chi connectivity index (χ1n) is 5.59. The van der Waals surface area contributed by atoms with E-state index in [2.05, 4.69) is 85.5 Å². The minimum atomic E-state index is 0.632. The highest BCUT2D eigenvalue weighted by molar-refractivity contribution is 15.0. The van der Waals surface area contributed by atoms with E-state index in [4.69, 9.17) is 0 Å². The monoisotopic (exact) mass is 442 g/mol. The molecular formula is C13H21BI2. The minimum absolute atomic E-state index is 0.632. The van der Waals surface area contributed by atoms with Crippen LogP contribution in [0.3, 0.4) is 0 Å². The molecule has 0 fully saturated rings. The molecule has 0 aromatic heterocycles. The second-order valence-electron chi connectivity index (χ2n) is 4.69. The van der Waals surface area contributed by atoms with E-state index >= 15 is 0 Å². The number of hydrogen-bond donors (Lipinski definition) is 0. The molecule has 0 amide bonds. The molecule has 16 heavy (non-hydrogen) atoms. The third kappa shape index (κ3) is 3.37. The van der Waals surface area contributed by atoms with Crippen molar-refractivity contribution in [3.63, 3.8) is 0 Å². The first-order valence-corrected chi connectivity index (χ1v) is 11.9. The van der Waals surface area contributed by atoms with Crippen LogP contribution in [0.25, 0.3) is 0 Å². The highest BCUT2D eigenvalue weighted by Gasteiger charge is 2.15. The summed E-state index contributed by atoms with van der Waals surface area (Å²) in [5, 5.41) is 0. The highest BCUT2D eigenvalue weighted by Crippen LogP contribution is 2.19. The summed E-state index contributed by atoms with van der Waals surface area (Å²) in [6.07, 6.45) is 0. The molecule has 3 heteroatoms. The average molecular weight is 442 g/mol. The van der Waals surface area contributed by atoms with Crippen molar-refractivity contribution >= 4 is 49.4 Å². The molecular weight excluding hydrogens is 421 g/mol. The van der Waals surface area contributed by atoms with Crippen LogP contribution in [0.1, 0.15) is 27.8 Å². The summed E-state index contributed by atoms with van der Waals surface area (Å²) >= 11 is 4.24. The summed E-state index contributed by atoms with van der Waals surface area (Å²) in [5.41, 5.74) is 8.92. The van der Waals surface area contributed by atoms with Crippen molar-refractivity contribution in [3.8, 4) is 0 Å². The molecule has 1 aromatic carbocycles. The van der Waals surface area contributed by atoms with Crippen LogP contribution < -0.4 is 5.46 Å². The molecule has 90 valence electrons. The van der Waals surface area contributed by atoms with Gasteiger partial charge in [0, 0.05) is 37.2 Å². The quantitative estimate of drug-likeness (QED) is 0.427. The fourth-order valence-electron chi connectivity index (χ4n) is 2.40. The number of halogens is 2. The molecule has 0 aliphatic heterocycles. The molecule has 0 atom stereocenters. The van der Waals surface area contributed by atoms with Gasteiger partial charge in [-0.1, -0.05) is 30.2 Å². The summed E-state index contributed by atoms with van der Waals surface area (Å²) in [6.45, 7) is 16.4. The van der Waals surface area contributed by atoms with E-state index in [1.54, 1.807) is 5.46 Å². The molecule has 0 saturated heterocycles. The topological polar surface area (TPSA) is 0 Å². The summed E-state index contributed by atoms with van der Waals surface area (Å²) in [7, 11) is 0. The summed E-state index contributed by atoms with van der Waals surface area (Å²) in [6, 6.07) is 0. The van der Waals surface area contributed by atoms with Gasteiger partial charge in [-0.15, -0.1) is 0 Å². The van der Waals surface area contributed by atoms with Crippen LogP contribution in [-0.2, 0) is 0 Å². The SMILES string of the molecule is CB(C)c1c(C)c(C)c(C)c(C)c1C.II. The Morgan fingerprint density at radius 1 is 0.625 bits per heavy atom. The maximum atomic E-state index is 2.28. The highest BCUT2D eigenvalue weighted by atomic mass is 128. The summed E-state index contributed by atoms with van der Waals surface area (Å²) in [5.74, 6) is 0. The lowest BCUT2D eigenvalue weighted by molar-refractivity contribution is 1.19. The standard InChI is InChI=1S/C13H21B.I2/c1-8-9(2)11(4)13(14(6)7)12(5)10(8)3;1-2/h1-7H3;. The first kappa shape index (κ1) is 16.7. The predicted molar refractivity (Wildman–Crippen MR) is 95.3 cm³/mol. The maximum absolute atomic E-state index is 2.28. The zero-order valence-electron chi connectivity index (χ0n) is 11.3. The van der Waals surface area contributed by atoms with Crippen LogP contribution in [0.2, 0.25) is 13.6 Å². The Morgan fingerprint density at radius 2 is 0.875 bits per heavy atom. The van der Waals surface area contributed by atoms with Crippen LogP contribution >= 0.6 is 37.2 Å². The minimum Gasteiger partial charge on any atom is -0.0819 e. The van der Waals surface area contributed by atoms with E-state index in [0.717, 1.165) is 0 Å². The van der Waals surface area contributed by atoms with Crippen molar-refractivity contribution in [2.75, 3.05) is 0 Å². The molecule has 0 saturated carbocycles. The molecule has 0 N–H and O–H groups in total. The smallest absolute Gasteiger partial charge is 0.0819 e. The lowest BCUT2D eigenvalue weighted by Crippen LogP contribution is -2.30. The van der Waals surface area contributed by atoms with Gasteiger partial charge in [-0.25, -0.2) is 0 Å². The van der Waals surface area contributed by atoms with Gasteiger partial charge in [-0.3, -0.25) is 0 Å². The van der Waals surface area contributed by atoms with Gasteiger partial charge in [-0.05, 0) is 51.3 Å². The maximum Gasteiger partial charge on any atom is 0.170 e. The lowest BCUT2D eigenvalue weighted by Gasteiger charge is -2.20. The molecule has 0 heterocycles. The predicted octanol–water partition coefficient (Wildman–Crippen LogP) is 4.96. The number of rotatable bonds is 1. The Balaban J connectivity index is 0.00000106. The van der Waals surface area contributed by atoms with Gasteiger partial charge in [-0.2, -0.15) is 0 Å². The van der Waals surface area contributed by atoms with Gasteiger partial charge in [0.25, 0.3) is 0 Å². The van der Waals surface area contributed by atoms with Crippen LogP contribution in [0.15, 0.2) is 0 Å². The Morgan fingerprint density at radius 3 is 1.12 bits per heavy atom. The first-order chi connectivity index (χ1) is 7.37. The van der Waals surface area contributed by atoms with Crippen molar-refractivity contribution in [1.29, 1.82) is 0 Å². The molecule has 0 aliphatic rings. The van der Waals surface area contributed by atoms with Crippen molar-refractivity contribution in [2.45, 2.75) is 48.3 Å². The molecule has 0 unspecified atom stereocenters. The van der Waals surface area contributed by atoms with E-state index in [1.807, 2.05) is 0 Å². The largest absolute Gasteiger partial charge is 0.170 e. The van der Waals surface area contributed by atoms with E-state index in [1.165, 1.54) is 27.8 Å². The van der Waals surface area contributed by atoms with E-state index < -0.39 is 0 Å². The van der Waals surface area contributed by atoms with Gasteiger partial charge in [0.2, 0.25) is 0 Å². The van der Waals surface area contributed by atoms with Gasteiger partial charge >= 0.3 is 0 Å². The Labute approximate surface area is 124 Å². The van der Waals surface area contributed by atoms with Crippen LogP contribution in [0.4, 0.5) is 0 Å². The zero-order chi connectivity index (χ0) is 13.0. The zero-order valence-corrected chi connectivity index (χ0v) is 15.6. The lowest BCUT2D eigenvalue weighted by atomic mass is 9.46. The van der Waals surface area contributed by atoms with Crippen LogP contribution in [0, 0.1) is 34.6 Å². The van der Waals surface area contributed by atoms with Crippen LogP contribution in [-0.4, -0.2) is 6.71 Å². The van der Waals surface area contributed by atoms with Gasteiger partial charge in [0.05, 0.1) is 0 Å². The van der Waals surface area contributed by atoms with Crippen LogP contribution in [0.5, 0.6) is 0 Å². The summed E-state index contributed by atoms with van der Waals surface area (Å²) < 4.78 is 0. The van der Waals surface area contributed by atoms with Crippen molar-refractivity contribution in [1.82, 2.24) is 0 Å². The third-order valence-corrected chi connectivity index (χ3v) is 3.64. The van der Waals surface area contributed by atoms with Gasteiger partial charge in [0.1, 0.15) is 0 Å². The Hall–Kier alpha value is 0.745. The van der Waals surface area contributed by atoms with Crippen molar-refractivity contribution in [2.24, 2.45) is 0 Å². The molecule has 0 radical (unpaired) electrons. The fourth-order valence-corrected chi connectivity index (χ4v) is 2.40. The number of benzene rings is 1. The number of hydrogen-bond acceptors (Lipinski definition) is 0. The third-order valence-electron chi connectivity index (χ3n) is 3.64. The molecule has 1 rings (SSSR count). The molecule has 0 bridgehead atoms. The van der Waals surface area contributed by atoms with E-state index in [-0.39, 0.29) is 0 Å². The summed E-state index contributed by atoms with van der Waals surface area (Å²) in [4.78, 5) is 0. The Bertz CT molecular complexity index is 342. The second kappa shape index (κ2) is 7.24. The van der Waals surface area contributed by atoms with E-state index in [9.17, 15) is 0 Å². The molecule has 0 aliphatic carbocycles. The Kier molecular flexibility index (Phi) is 7.58. The molecule has 0 spiro atoms. The van der Waals surface area contributed by atoms with E-state index in [0.29, 0.717) is 6.71 Å². The molecule has 0 nitrogen and oxygen atoms in total. The van der Waals surface area contributed by atoms with Gasteiger partial charge in [0.15, 0.2) is 6.71 Å². The van der Waals surface area contributed by atoms with Crippen molar-refractivity contribution in [3.05, 3.63) is 27.8 Å². The average Bonchev–Trinajstić information content (AvgIpc) is 2.26. The normalized spacial score (nSPS) is 9.56. The second-order valence-corrected chi connectivity index (χ2v) is 4.69. The fraction of sp³-hybridized carbons (Fsp3) is 0.538. The van der Waals surface area contributed by atoms with Gasteiger partial charge < -0.3 is 0 Å². The molecule has 1 aromatic rings. The van der Waals surface area contributed by atoms with Crippen molar-refractivity contribution < 1.29 is 0 Å².